The molecular weight excluding hydrogens is 1460 g/mol. The number of carbonyl (C=O) groups is 2. The standard InChI is InChI=1S/C58H98N2O46/c1-12(68)59-23-32(77)44(19(8-66)92-50(23)89)101-51-24(60-13(2)69)33(78)45(20(9-67)98-51)102-56-43(88)47(104-58-49(38(83)29(74)18(7-65)97-58)106-55-41(86)36(81)27(72)16(5-63)95-55)31(76)22(100-56)10-90-52-42(87)46(103-53-39(84)34(79)25(70)14(3-61)93-53)30(75)21(99-52)11-91-57-48(37(82)28(73)17(6-64)96-57)105-54-40(85)35(80)26(71)15(4-62)94-54/h14-58,61-67,70-89H,3-11H2,1-2H3,(H,59,68)(H,60,69)/t14-,15-,16-,17-,18-,19-,20-,21-,22-,23-,24-,25-,26-,27-,28-,29-,30-,31-,32-,33-,34+,35+,36+,37+,38+,39+,40+,41+,42+,43+,44-,45-,46+,47+,48+,49+,50?,51+,52+,53-,54-,55-,56+,57+,58-/m1/s1. The molecule has 0 aromatic carbocycles. The Hall–Kier alpha value is -2.82. The van der Waals surface area contributed by atoms with Crippen LogP contribution in [0.4, 0.5) is 0 Å². The van der Waals surface area contributed by atoms with Crippen LogP contribution in [0.2, 0.25) is 0 Å². The van der Waals surface area contributed by atoms with Gasteiger partial charge >= 0.3 is 0 Å². The summed E-state index contributed by atoms with van der Waals surface area (Å²) in [4.78, 5) is 25.0. The molecule has 9 rings (SSSR count). The van der Waals surface area contributed by atoms with E-state index < -0.39 is 348 Å². The Labute approximate surface area is 598 Å². The third-order valence-electron chi connectivity index (χ3n) is 19.5. The fourth-order valence-corrected chi connectivity index (χ4v) is 13.5. The molecule has 29 N–H and O–H groups in total. The Morgan fingerprint density at radius 2 is 0.519 bits per heavy atom. The second-order valence-electron chi connectivity index (χ2n) is 26.7. The van der Waals surface area contributed by atoms with Gasteiger partial charge in [-0.15, -0.1) is 0 Å². The van der Waals surface area contributed by atoms with Crippen LogP contribution in [-0.2, 0) is 90.1 Å². The van der Waals surface area contributed by atoms with E-state index in [1.165, 1.54) is 0 Å². The van der Waals surface area contributed by atoms with E-state index in [1.807, 2.05) is 0 Å². The molecule has 0 radical (unpaired) electrons. The number of ether oxygens (including phenoxy) is 17. The summed E-state index contributed by atoms with van der Waals surface area (Å²) in [5.41, 5.74) is 0. The monoisotopic (exact) mass is 1560 g/mol. The van der Waals surface area contributed by atoms with Crippen LogP contribution >= 0.6 is 0 Å². The minimum absolute atomic E-state index is 0.783. The van der Waals surface area contributed by atoms with Gasteiger partial charge in [0.25, 0.3) is 0 Å². The van der Waals surface area contributed by atoms with Crippen molar-refractivity contribution in [2.45, 2.75) is 290 Å². The van der Waals surface area contributed by atoms with Crippen molar-refractivity contribution < 1.29 is 228 Å². The van der Waals surface area contributed by atoms with Crippen LogP contribution in [0.3, 0.4) is 0 Å². The molecule has 9 fully saturated rings. The van der Waals surface area contributed by atoms with Gasteiger partial charge < -0.3 is 229 Å². The van der Waals surface area contributed by atoms with Gasteiger partial charge in [-0.1, -0.05) is 0 Å². The quantitative estimate of drug-likeness (QED) is 0.0363. The largest absolute Gasteiger partial charge is 0.394 e. The summed E-state index contributed by atoms with van der Waals surface area (Å²) in [5, 5.41) is 301. The van der Waals surface area contributed by atoms with Crippen LogP contribution in [-0.4, -0.2) is 485 Å². The van der Waals surface area contributed by atoms with E-state index in [4.69, 9.17) is 80.5 Å². The lowest BCUT2D eigenvalue weighted by Crippen LogP contribution is -2.70. The molecule has 48 nitrogen and oxygen atoms in total. The highest BCUT2D eigenvalue weighted by Gasteiger charge is 2.60. The van der Waals surface area contributed by atoms with Crippen LogP contribution in [0.5, 0.6) is 0 Å². The van der Waals surface area contributed by atoms with Gasteiger partial charge in [0, 0.05) is 13.8 Å². The molecule has 106 heavy (non-hydrogen) atoms. The van der Waals surface area contributed by atoms with Crippen molar-refractivity contribution in [1.82, 2.24) is 10.6 Å². The number of aliphatic hydroxyl groups excluding tert-OH is 27. The van der Waals surface area contributed by atoms with Crippen molar-refractivity contribution in [3.05, 3.63) is 0 Å². The van der Waals surface area contributed by atoms with Crippen molar-refractivity contribution in [2.75, 3.05) is 59.5 Å². The van der Waals surface area contributed by atoms with Crippen LogP contribution < -0.4 is 10.6 Å². The number of rotatable bonds is 27. The zero-order valence-electron chi connectivity index (χ0n) is 56.2. The molecule has 0 bridgehead atoms. The van der Waals surface area contributed by atoms with E-state index in [9.17, 15) is 147 Å². The first-order valence-corrected chi connectivity index (χ1v) is 33.7. The fourth-order valence-electron chi connectivity index (χ4n) is 13.5. The first kappa shape index (κ1) is 87.2. The van der Waals surface area contributed by atoms with Gasteiger partial charge in [-0.2, -0.15) is 0 Å². The molecule has 9 heterocycles. The number of nitrogens with one attached hydrogen (secondary N) is 2. The van der Waals surface area contributed by atoms with Gasteiger partial charge in [0.05, 0.1) is 59.5 Å². The molecule has 1 unspecified atom stereocenters. The highest BCUT2D eigenvalue weighted by molar-refractivity contribution is 5.73. The van der Waals surface area contributed by atoms with Crippen LogP contribution in [0.25, 0.3) is 0 Å². The van der Waals surface area contributed by atoms with Gasteiger partial charge in [0.2, 0.25) is 11.8 Å². The predicted octanol–water partition coefficient (Wildman–Crippen LogP) is -20.3. The summed E-state index contributed by atoms with van der Waals surface area (Å²) >= 11 is 0. The molecule has 0 spiro atoms. The number of carbonyl (C=O) groups excluding carboxylic acids is 2. The number of aliphatic hydroxyl groups is 27. The fraction of sp³-hybridized carbons (Fsp3) is 0.966. The Bertz CT molecular complexity index is 2710. The van der Waals surface area contributed by atoms with E-state index in [0.717, 1.165) is 13.8 Å². The van der Waals surface area contributed by atoms with Crippen molar-refractivity contribution in [1.29, 1.82) is 0 Å². The molecule has 45 atom stereocenters. The lowest BCUT2D eigenvalue weighted by atomic mass is 9.94. The number of hydrogen-bond donors (Lipinski definition) is 29. The molecule has 616 valence electrons. The van der Waals surface area contributed by atoms with Gasteiger partial charge in [0.1, 0.15) is 220 Å². The molecular formula is C58H98N2O46. The molecule has 9 aliphatic rings. The first-order chi connectivity index (χ1) is 50.2. The lowest BCUT2D eigenvalue weighted by Gasteiger charge is -2.50. The predicted molar refractivity (Wildman–Crippen MR) is 320 cm³/mol. The average Bonchev–Trinajstić information content (AvgIpc) is 0.780. The van der Waals surface area contributed by atoms with Crippen molar-refractivity contribution in [3.63, 3.8) is 0 Å². The minimum Gasteiger partial charge on any atom is -0.394 e. The van der Waals surface area contributed by atoms with Crippen molar-refractivity contribution >= 4 is 11.8 Å². The Morgan fingerprint density at radius 1 is 0.245 bits per heavy atom. The average molecular weight is 1560 g/mol. The smallest absolute Gasteiger partial charge is 0.217 e. The lowest BCUT2D eigenvalue weighted by molar-refractivity contribution is -0.399. The normalized spacial score (nSPS) is 51.2. The molecule has 9 aliphatic heterocycles. The van der Waals surface area contributed by atoms with Crippen LogP contribution in [0.15, 0.2) is 0 Å². The van der Waals surface area contributed by atoms with E-state index in [0.29, 0.717) is 0 Å². The molecule has 9 saturated heterocycles. The summed E-state index contributed by atoms with van der Waals surface area (Å²) < 4.78 is 98.8. The topological polar surface area (TPSA) is 761 Å². The van der Waals surface area contributed by atoms with Crippen LogP contribution in [0, 0.1) is 0 Å². The van der Waals surface area contributed by atoms with Crippen molar-refractivity contribution in [2.24, 2.45) is 0 Å². The van der Waals surface area contributed by atoms with Crippen LogP contribution in [0.1, 0.15) is 13.8 Å². The highest BCUT2D eigenvalue weighted by atomic mass is 16.8. The third-order valence-corrected chi connectivity index (χ3v) is 19.5. The number of amides is 2. The molecule has 0 aliphatic carbocycles. The summed E-state index contributed by atoms with van der Waals surface area (Å²) in [6, 6.07) is -3.55. The van der Waals surface area contributed by atoms with Gasteiger partial charge in [-0.05, 0) is 0 Å². The molecule has 2 amide bonds. The second-order valence-corrected chi connectivity index (χ2v) is 26.7. The minimum atomic E-state index is -2.54. The maximum atomic E-state index is 12.9. The van der Waals surface area contributed by atoms with E-state index in [-0.39, 0.29) is 0 Å². The molecule has 48 heteroatoms. The molecule has 0 saturated carbocycles. The summed E-state index contributed by atoms with van der Waals surface area (Å²) in [5.74, 6) is -1.72. The Balaban J connectivity index is 1.05. The first-order valence-electron chi connectivity index (χ1n) is 33.7. The zero-order chi connectivity index (χ0) is 77.9. The van der Waals surface area contributed by atoms with Gasteiger partial charge in [-0.3, -0.25) is 9.59 Å². The zero-order valence-corrected chi connectivity index (χ0v) is 56.2. The van der Waals surface area contributed by atoms with Gasteiger partial charge in [0.15, 0.2) is 56.6 Å². The summed E-state index contributed by atoms with van der Waals surface area (Å²) in [6.45, 7) is -7.76. The molecule has 0 aromatic rings. The SMILES string of the molecule is CC(=O)N[C@H]1[C@H](O[C@H]2[C@H](O)[C@@H](NC(C)=O)C(O)O[C@@H]2CO)O[C@H](CO)[C@@H](O[C@@H]2O[C@H](CO[C@H]3O[C@H](CO[C@H]4O[C@H](CO)[C@@H](O)[C@H](O)[C@@H]4O[C@H]4O[C@H](CO)[C@@H](O)[C@H](O)[C@@H]4O)[C@@H](O)[C@H](O[C@H]4O[C@H](CO)[C@@H](O)[C@H](O)[C@@H]4O)[C@@H]3O)[C@@H](O)[C@H](O[C@H]3O[C@H](CO)[C@@H](O)[C@H](O)[C@@H]3O[C@H]3O[C@H](CO)[C@@H](O)[C@H](O)[C@@H]3O)[C@@H]2O)[C@@H]1O. The third kappa shape index (κ3) is 18.7. The summed E-state index contributed by atoms with van der Waals surface area (Å²) in [6.07, 6.45) is -90.3. The van der Waals surface area contributed by atoms with E-state index >= 15 is 0 Å². The maximum Gasteiger partial charge on any atom is 0.217 e. The molecule has 0 aromatic heterocycles. The number of hydrogen-bond acceptors (Lipinski definition) is 46. The Morgan fingerprint density at radius 3 is 0.934 bits per heavy atom. The maximum absolute atomic E-state index is 12.9. The van der Waals surface area contributed by atoms with Gasteiger partial charge in [-0.25, -0.2) is 0 Å². The second kappa shape index (κ2) is 37.9. The highest BCUT2D eigenvalue weighted by Crippen LogP contribution is 2.39. The van der Waals surface area contributed by atoms with E-state index in [2.05, 4.69) is 10.6 Å². The van der Waals surface area contributed by atoms with E-state index in [1.54, 1.807) is 0 Å². The summed E-state index contributed by atoms with van der Waals surface area (Å²) in [7, 11) is 0. The van der Waals surface area contributed by atoms with Crippen molar-refractivity contribution in [3.8, 4) is 0 Å². The Kier molecular flexibility index (Phi) is 31.1.